The Kier molecular flexibility index (Phi) is 3.42. The summed E-state index contributed by atoms with van der Waals surface area (Å²) in [5, 5.41) is 8.86. The molecule has 0 atom stereocenters. The number of hydrogen-bond donors (Lipinski definition) is 2. The molecule has 5 nitrogen and oxygen atoms in total. The molecule has 6 heteroatoms. The van der Waals surface area contributed by atoms with E-state index in [1.807, 2.05) is 18.2 Å². The van der Waals surface area contributed by atoms with E-state index in [9.17, 15) is 4.79 Å². The fourth-order valence-electron chi connectivity index (χ4n) is 1.87. The van der Waals surface area contributed by atoms with Crippen molar-refractivity contribution >= 4 is 33.4 Å². The maximum absolute atomic E-state index is 10.8. The van der Waals surface area contributed by atoms with Gasteiger partial charge in [0.1, 0.15) is 0 Å². The van der Waals surface area contributed by atoms with E-state index in [0.29, 0.717) is 31.9 Å². The minimum absolute atomic E-state index is 0.539. The van der Waals surface area contributed by atoms with Gasteiger partial charge in [0.2, 0.25) is 0 Å². The molecule has 3 N–H and O–H groups in total. The first-order valence-electron chi connectivity index (χ1n) is 5.36. The van der Waals surface area contributed by atoms with Gasteiger partial charge in [0.15, 0.2) is 0 Å². The molecule has 0 unspecified atom stereocenters. The normalized spacial score (nSPS) is 16.1. The SMILES string of the molecule is Nc1ccc(N2CCN(C(=O)O)CC2)cc1Br. The number of nitrogen functional groups attached to an aromatic ring is 1. The van der Waals surface area contributed by atoms with Crippen LogP contribution in [-0.4, -0.2) is 42.3 Å². The average Bonchev–Trinajstić information content (AvgIpc) is 2.33. The smallest absolute Gasteiger partial charge is 0.407 e. The van der Waals surface area contributed by atoms with Crippen LogP contribution in [0.15, 0.2) is 22.7 Å². The van der Waals surface area contributed by atoms with E-state index in [4.69, 9.17) is 10.8 Å². The molecule has 1 aromatic carbocycles. The number of carbonyl (C=O) groups is 1. The first-order chi connectivity index (χ1) is 8.08. The fourth-order valence-corrected chi connectivity index (χ4v) is 2.24. The van der Waals surface area contributed by atoms with Crippen molar-refractivity contribution in [2.75, 3.05) is 36.8 Å². The van der Waals surface area contributed by atoms with Crippen LogP contribution in [0.2, 0.25) is 0 Å². The highest BCUT2D eigenvalue weighted by atomic mass is 79.9. The molecule has 1 aromatic rings. The molecule has 0 bridgehead atoms. The summed E-state index contributed by atoms with van der Waals surface area (Å²) in [5.74, 6) is 0. The van der Waals surface area contributed by atoms with Gasteiger partial charge in [0.25, 0.3) is 0 Å². The van der Waals surface area contributed by atoms with Gasteiger partial charge < -0.3 is 20.6 Å². The fraction of sp³-hybridized carbons (Fsp3) is 0.364. The maximum atomic E-state index is 10.8. The molecule has 0 radical (unpaired) electrons. The molecule has 1 amide bonds. The topological polar surface area (TPSA) is 69.8 Å². The minimum atomic E-state index is -0.844. The maximum Gasteiger partial charge on any atom is 0.407 e. The van der Waals surface area contributed by atoms with Gasteiger partial charge >= 0.3 is 6.09 Å². The number of hydrogen-bond acceptors (Lipinski definition) is 3. The lowest BCUT2D eigenvalue weighted by Gasteiger charge is -2.34. The molecule has 2 rings (SSSR count). The predicted octanol–water partition coefficient (Wildman–Crippen LogP) is 1.83. The number of nitrogens with zero attached hydrogens (tertiary/aromatic N) is 2. The molecule has 1 aliphatic heterocycles. The van der Waals surface area contributed by atoms with Gasteiger partial charge in [-0.25, -0.2) is 4.79 Å². The van der Waals surface area contributed by atoms with E-state index in [1.165, 1.54) is 4.90 Å². The third-order valence-electron chi connectivity index (χ3n) is 2.90. The summed E-state index contributed by atoms with van der Waals surface area (Å²) < 4.78 is 0.871. The van der Waals surface area contributed by atoms with E-state index in [-0.39, 0.29) is 0 Å². The molecule has 17 heavy (non-hydrogen) atoms. The number of nitrogens with two attached hydrogens (primary N) is 1. The highest BCUT2D eigenvalue weighted by Crippen LogP contribution is 2.26. The van der Waals surface area contributed by atoms with E-state index >= 15 is 0 Å². The lowest BCUT2D eigenvalue weighted by molar-refractivity contribution is 0.142. The van der Waals surface area contributed by atoms with E-state index < -0.39 is 6.09 Å². The van der Waals surface area contributed by atoms with Gasteiger partial charge in [-0.15, -0.1) is 0 Å². The Hall–Kier alpha value is -1.43. The van der Waals surface area contributed by atoms with Crippen LogP contribution in [-0.2, 0) is 0 Å². The summed E-state index contributed by atoms with van der Waals surface area (Å²) in [6.45, 7) is 2.50. The van der Waals surface area contributed by atoms with Gasteiger partial charge in [0, 0.05) is 42.0 Å². The van der Waals surface area contributed by atoms with E-state index in [0.717, 1.165) is 10.2 Å². The lowest BCUT2D eigenvalue weighted by Crippen LogP contribution is -2.48. The monoisotopic (exact) mass is 299 g/mol. The Balaban J connectivity index is 2.05. The number of halogens is 1. The molecule has 1 heterocycles. The first-order valence-corrected chi connectivity index (χ1v) is 6.15. The van der Waals surface area contributed by atoms with E-state index in [1.54, 1.807) is 0 Å². The van der Waals surface area contributed by atoms with Crippen LogP contribution in [0, 0.1) is 0 Å². The molecule has 1 aliphatic rings. The number of anilines is 2. The zero-order valence-corrected chi connectivity index (χ0v) is 10.9. The van der Waals surface area contributed by atoms with Crippen molar-refractivity contribution in [2.45, 2.75) is 0 Å². The molecule has 1 fully saturated rings. The molecule has 0 aliphatic carbocycles. The molecule has 0 spiro atoms. The van der Waals surface area contributed by atoms with Gasteiger partial charge in [-0.3, -0.25) is 0 Å². The zero-order chi connectivity index (χ0) is 12.4. The summed E-state index contributed by atoms with van der Waals surface area (Å²) in [7, 11) is 0. The van der Waals surface area contributed by atoms with Crippen LogP contribution < -0.4 is 10.6 Å². The van der Waals surface area contributed by atoms with Crippen molar-refractivity contribution in [3.8, 4) is 0 Å². The summed E-state index contributed by atoms with van der Waals surface area (Å²) in [4.78, 5) is 14.4. The van der Waals surface area contributed by atoms with Gasteiger partial charge in [0.05, 0.1) is 0 Å². The standard InChI is InChI=1S/C11H14BrN3O2/c12-9-7-8(1-2-10(9)13)14-3-5-15(6-4-14)11(16)17/h1-2,7H,3-6,13H2,(H,16,17). The summed E-state index contributed by atoms with van der Waals surface area (Å²) in [6, 6.07) is 5.77. The minimum Gasteiger partial charge on any atom is -0.465 e. The lowest BCUT2D eigenvalue weighted by atomic mass is 10.2. The second-order valence-corrected chi connectivity index (χ2v) is 4.82. The first kappa shape index (κ1) is 12.0. The molecule has 0 aromatic heterocycles. The summed E-state index contributed by atoms with van der Waals surface area (Å²) in [5.41, 5.74) is 7.50. The highest BCUT2D eigenvalue weighted by Gasteiger charge is 2.20. The van der Waals surface area contributed by atoms with Crippen molar-refractivity contribution in [1.82, 2.24) is 4.90 Å². The van der Waals surface area contributed by atoms with Gasteiger partial charge in [-0.05, 0) is 34.1 Å². The summed E-state index contributed by atoms with van der Waals surface area (Å²) in [6.07, 6.45) is -0.844. The largest absolute Gasteiger partial charge is 0.465 e. The van der Waals surface area contributed by atoms with E-state index in [2.05, 4.69) is 20.8 Å². The number of benzene rings is 1. The number of rotatable bonds is 1. The Morgan fingerprint density at radius 2 is 1.94 bits per heavy atom. The highest BCUT2D eigenvalue weighted by molar-refractivity contribution is 9.10. The quantitative estimate of drug-likeness (QED) is 0.776. The Labute approximate surface area is 108 Å². The van der Waals surface area contributed by atoms with Crippen LogP contribution >= 0.6 is 15.9 Å². The summed E-state index contributed by atoms with van der Waals surface area (Å²) >= 11 is 3.39. The average molecular weight is 300 g/mol. The second kappa shape index (κ2) is 4.83. The number of carboxylic acid groups (broad SMARTS) is 1. The second-order valence-electron chi connectivity index (χ2n) is 3.96. The van der Waals surface area contributed by atoms with Crippen LogP contribution in [0.25, 0.3) is 0 Å². The van der Waals surface area contributed by atoms with Crippen LogP contribution in [0.1, 0.15) is 0 Å². The molecule has 92 valence electrons. The van der Waals surface area contributed by atoms with Gasteiger partial charge in [-0.1, -0.05) is 0 Å². The molecule has 0 saturated carbocycles. The van der Waals surface area contributed by atoms with Gasteiger partial charge in [-0.2, -0.15) is 0 Å². The van der Waals surface area contributed by atoms with Crippen LogP contribution in [0.4, 0.5) is 16.2 Å². The van der Waals surface area contributed by atoms with Crippen molar-refractivity contribution in [3.63, 3.8) is 0 Å². The molecular weight excluding hydrogens is 286 g/mol. The third kappa shape index (κ3) is 2.63. The van der Waals surface area contributed by atoms with Crippen molar-refractivity contribution in [1.29, 1.82) is 0 Å². The van der Waals surface area contributed by atoms with Crippen molar-refractivity contribution < 1.29 is 9.90 Å². The Bertz CT molecular complexity index is 431. The van der Waals surface area contributed by atoms with Crippen molar-refractivity contribution in [2.24, 2.45) is 0 Å². The molecule has 1 saturated heterocycles. The Morgan fingerprint density at radius 1 is 1.29 bits per heavy atom. The molecular formula is C11H14BrN3O2. The zero-order valence-electron chi connectivity index (χ0n) is 9.27. The van der Waals surface area contributed by atoms with Crippen molar-refractivity contribution in [3.05, 3.63) is 22.7 Å². The number of piperazine rings is 1. The third-order valence-corrected chi connectivity index (χ3v) is 3.59. The number of amides is 1. The predicted molar refractivity (Wildman–Crippen MR) is 70.4 cm³/mol. The van der Waals surface area contributed by atoms with Crippen LogP contribution in [0.5, 0.6) is 0 Å². The Morgan fingerprint density at radius 3 is 2.47 bits per heavy atom. The van der Waals surface area contributed by atoms with Crippen LogP contribution in [0.3, 0.4) is 0 Å².